The molecule has 0 atom stereocenters. The molecule has 0 fully saturated rings. The second-order valence-electron chi connectivity index (χ2n) is 10.4. The number of alkyl carbamates (subject to hydrolysis) is 1. The van der Waals surface area contributed by atoms with Crippen LogP contribution >= 0.6 is 11.3 Å². The number of unbranched alkanes of at least 4 members (excludes halogenated alkanes) is 16. The summed E-state index contributed by atoms with van der Waals surface area (Å²) >= 11 is 1.71. The molecule has 7 heteroatoms. The molecule has 1 amide bonds. The highest BCUT2D eigenvalue weighted by Crippen LogP contribution is 2.12. The van der Waals surface area contributed by atoms with E-state index in [1.165, 1.54) is 83.5 Å². The molecule has 0 bridgehead atoms. The lowest BCUT2D eigenvalue weighted by Gasteiger charge is -2.10. The van der Waals surface area contributed by atoms with E-state index in [2.05, 4.69) is 40.5 Å². The molecule has 0 spiro atoms. The number of hydrogen-bond acceptors (Lipinski definition) is 5. The van der Waals surface area contributed by atoms with Gasteiger partial charge in [-0.2, -0.15) is 4.57 Å². The second-order valence-corrected chi connectivity index (χ2v) is 11.2. The molecule has 1 heterocycles. The third kappa shape index (κ3) is 22.1. The lowest BCUT2D eigenvalue weighted by atomic mass is 10.0. The van der Waals surface area contributed by atoms with E-state index in [4.69, 9.17) is 9.47 Å². The van der Waals surface area contributed by atoms with Crippen LogP contribution in [0.3, 0.4) is 0 Å². The van der Waals surface area contributed by atoms with Crippen molar-refractivity contribution < 1.29 is 23.6 Å². The summed E-state index contributed by atoms with van der Waals surface area (Å²) in [5.41, 5.74) is 2.71. The third-order valence-electron chi connectivity index (χ3n) is 6.72. The first kappa shape index (κ1) is 34.1. The van der Waals surface area contributed by atoms with Gasteiger partial charge in [-0.1, -0.05) is 115 Å². The molecule has 0 radical (unpaired) electrons. The van der Waals surface area contributed by atoms with E-state index >= 15 is 0 Å². The molecule has 0 saturated carbocycles. The molecule has 0 aliphatic rings. The Morgan fingerprint density at radius 1 is 0.763 bits per heavy atom. The summed E-state index contributed by atoms with van der Waals surface area (Å²) in [4.78, 5) is 23.7. The number of amides is 1. The quantitative estimate of drug-likeness (QED) is 0.0544. The summed E-state index contributed by atoms with van der Waals surface area (Å²) in [6, 6.07) is 0. The van der Waals surface area contributed by atoms with Gasteiger partial charge in [-0.3, -0.25) is 4.79 Å². The van der Waals surface area contributed by atoms with E-state index in [1.54, 1.807) is 11.3 Å². The van der Waals surface area contributed by atoms with Gasteiger partial charge in [0.15, 0.2) is 6.20 Å². The highest BCUT2D eigenvalue weighted by atomic mass is 32.1. The Bertz CT molecular complexity index is 709. The SMILES string of the molecule is C=C(COC(=O)CCCCCCC[n+]1ccsc1)COC(=O)NCCCCCCCCCCCCCCC. The highest BCUT2D eigenvalue weighted by molar-refractivity contribution is 7.07. The van der Waals surface area contributed by atoms with Crippen molar-refractivity contribution in [3.05, 3.63) is 29.2 Å². The van der Waals surface area contributed by atoms with Gasteiger partial charge in [-0.15, -0.1) is 0 Å². The van der Waals surface area contributed by atoms with Crippen LogP contribution in [0.1, 0.15) is 129 Å². The van der Waals surface area contributed by atoms with Crippen LogP contribution < -0.4 is 9.88 Å². The molecule has 0 unspecified atom stereocenters. The fraction of sp³-hybridized carbons (Fsp3) is 0.774. The monoisotopic (exact) mass is 551 g/mol. The van der Waals surface area contributed by atoms with Crippen molar-refractivity contribution >= 4 is 23.4 Å². The zero-order chi connectivity index (χ0) is 27.5. The summed E-state index contributed by atoms with van der Waals surface area (Å²) < 4.78 is 12.6. The summed E-state index contributed by atoms with van der Waals surface area (Å²) in [6.45, 7) is 7.97. The number of nitrogens with zero attached hydrogens (tertiary/aromatic N) is 1. The van der Waals surface area contributed by atoms with Gasteiger partial charge in [0, 0.05) is 19.4 Å². The van der Waals surface area contributed by atoms with Crippen LogP contribution in [0.2, 0.25) is 0 Å². The lowest BCUT2D eigenvalue weighted by Crippen LogP contribution is -2.29. The Kier molecular flexibility index (Phi) is 22.8. The van der Waals surface area contributed by atoms with E-state index < -0.39 is 6.09 Å². The predicted molar refractivity (Wildman–Crippen MR) is 157 cm³/mol. The maximum atomic E-state index is 11.9. The minimum Gasteiger partial charge on any atom is -0.461 e. The van der Waals surface area contributed by atoms with Crippen molar-refractivity contribution in [2.75, 3.05) is 19.8 Å². The number of aryl methyl sites for hydroxylation is 1. The Hall–Kier alpha value is -1.89. The molecular formula is C31H55N2O4S+. The Balaban J connectivity index is 1.82. The number of ether oxygens (including phenoxy) is 2. The van der Waals surface area contributed by atoms with Crippen LogP contribution in [0.15, 0.2) is 29.2 Å². The highest BCUT2D eigenvalue weighted by Gasteiger charge is 2.07. The summed E-state index contributed by atoms with van der Waals surface area (Å²) in [6.07, 6.45) is 24.4. The molecule has 0 saturated heterocycles. The summed E-state index contributed by atoms with van der Waals surface area (Å²) in [5.74, 6) is -0.216. The zero-order valence-corrected chi connectivity index (χ0v) is 25.0. The van der Waals surface area contributed by atoms with E-state index in [9.17, 15) is 9.59 Å². The van der Waals surface area contributed by atoms with Gasteiger partial charge in [0.25, 0.3) is 0 Å². The van der Waals surface area contributed by atoms with Crippen LogP contribution in [0.4, 0.5) is 4.79 Å². The van der Waals surface area contributed by atoms with Crippen LogP contribution in [0, 0.1) is 0 Å². The van der Waals surface area contributed by atoms with E-state index in [-0.39, 0.29) is 19.2 Å². The van der Waals surface area contributed by atoms with Gasteiger partial charge in [-0.25, -0.2) is 4.79 Å². The van der Waals surface area contributed by atoms with Crippen LogP contribution in [-0.4, -0.2) is 31.8 Å². The molecule has 6 nitrogen and oxygen atoms in total. The largest absolute Gasteiger partial charge is 0.461 e. The molecule has 38 heavy (non-hydrogen) atoms. The van der Waals surface area contributed by atoms with E-state index in [0.717, 1.165) is 38.6 Å². The molecular weight excluding hydrogens is 496 g/mol. The number of hydrogen-bond donors (Lipinski definition) is 1. The number of thiazole rings is 1. The van der Waals surface area contributed by atoms with Crippen LogP contribution in [0.5, 0.6) is 0 Å². The molecule has 1 rings (SSSR count). The first-order valence-electron chi connectivity index (χ1n) is 15.3. The maximum absolute atomic E-state index is 11.9. The lowest BCUT2D eigenvalue weighted by molar-refractivity contribution is -0.692. The molecule has 0 aromatic carbocycles. The van der Waals surface area contributed by atoms with Crippen LogP contribution in [0.25, 0.3) is 0 Å². The number of nitrogens with one attached hydrogen (secondary N) is 1. The number of aromatic nitrogens is 1. The van der Waals surface area contributed by atoms with Gasteiger partial charge in [0.05, 0.1) is 5.38 Å². The van der Waals surface area contributed by atoms with Crippen molar-refractivity contribution in [3.8, 4) is 0 Å². The van der Waals surface area contributed by atoms with Crippen LogP contribution in [-0.2, 0) is 20.8 Å². The van der Waals surface area contributed by atoms with Crippen molar-refractivity contribution in [1.29, 1.82) is 0 Å². The minimum absolute atomic E-state index is 0.0693. The van der Waals surface area contributed by atoms with Crippen molar-refractivity contribution in [1.82, 2.24) is 5.32 Å². The number of esters is 1. The Morgan fingerprint density at radius 3 is 1.92 bits per heavy atom. The molecule has 0 aliphatic carbocycles. The third-order valence-corrected chi connectivity index (χ3v) is 7.39. The molecule has 1 aromatic rings. The van der Waals surface area contributed by atoms with Gasteiger partial charge in [-0.05, 0) is 24.8 Å². The van der Waals surface area contributed by atoms with Crippen molar-refractivity contribution in [2.24, 2.45) is 0 Å². The predicted octanol–water partition coefficient (Wildman–Crippen LogP) is 8.29. The average molecular weight is 552 g/mol. The standard InChI is InChI=1S/C31H54N2O4S/c1-3-4-5-6-7-8-9-10-11-12-13-16-19-22-32-31(35)37-27-29(2)26-36-30(34)21-18-15-14-17-20-23-33-24-25-38-28-33/h24-25,28H,2-23,26-27H2,1H3/p+1. The first-order valence-corrected chi connectivity index (χ1v) is 16.2. The summed E-state index contributed by atoms with van der Waals surface area (Å²) in [7, 11) is 0. The topological polar surface area (TPSA) is 68.5 Å². The second kappa shape index (κ2) is 25.4. The number of carbonyl (C=O) groups is 2. The number of carbonyl (C=O) groups excluding carboxylic acids is 2. The average Bonchev–Trinajstić information content (AvgIpc) is 3.44. The molecule has 1 aromatic heterocycles. The molecule has 218 valence electrons. The Labute approximate surface area is 236 Å². The Morgan fingerprint density at radius 2 is 1.32 bits per heavy atom. The van der Waals surface area contributed by atoms with Gasteiger partial charge < -0.3 is 14.8 Å². The number of rotatable bonds is 26. The maximum Gasteiger partial charge on any atom is 0.407 e. The fourth-order valence-electron chi connectivity index (χ4n) is 4.33. The van der Waals surface area contributed by atoms with E-state index in [1.807, 2.05) is 0 Å². The van der Waals surface area contributed by atoms with E-state index in [0.29, 0.717) is 18.5 Å². The smallest absolute Gasteiger partial charge is 0.407 e. The van der Waals surface area contributed by atoms with Gasteiger partial charge >= 0.3 is 12.1 Å². The normalized spacial score (nSPS) is 10.9. The first-order chi connectivity index (χ1) is 18.6. The van der Waals surface area contributed by atoms with Gasteiger partial charge in [0.1, 0.15) is 19.8 Å². The minimum atomic E-state index is -0.436. The fourth-order valence-corrected chi connectivity index (χ4v) is 4.96. The molecule has 0 aliphatic heterocycles. The van der Waals surface area contributed by atoms with Crippen molar-refractivity contribution in [3.63, 3.8) is 0 Å². The summed E-state index contributed by atoms with van der Waals surface area (Å²) in [5, 5.41) is 4.87. The molecule has 1 N–H and O–H groups in total. The zero-order valence-electron chi connectivity index (χ0n) is 24.2. The van der Waals surface area contributed by atoms with Crippen molar-refractivity contribution in [2.45, 2.75) is 135 Å². The van der Waals surface area contributed by atoms with Gasteiger partial charge in [0.2, 0.25) is 5.51 Å².